The highest BCUT2D eigenvalue weighted by atomic mass is 32.1. The van der Waals surface area contributed by atoms with Crippen LogP contribution in [-0.4, -0.2) is 36.1 Å². The summed E-state index contributed by atoms with van der Waals surface area (Å²) in [5, 5.41) is 7.32. The number of hydrogen-bond acceptors (Lipinski definition) is 4. The van der Waals surface area contributed by atoms with E-state index in [0.717, 1.165) is 6.54 Å². The Balaban J connectivity index is 2.17. The third-order valence-corrected chi connectivity index (χ3v) is 5.49. The largest absolute Gasteiger partial charge is 0.306 e. The van der Waals surface area contributed by atoms with E-state index in [2.05, 4.69) is 50.2 Å². The first-order valence-electron chi connectivity index (χ1n) is 8.35. The summed E-state index contributed by atoms with van der Waals surface area (Å²) in [5.74, 6) is 0. The summed E-state index contributed by atoms with van der Waals surface area (Å²) in [6, 6.07) is 0. The zero-order valence-electron chi connectivity index (χ0n) is 14.3. The van der Waals surface area contributed by atoms with Crippen LogP contribution in [0.2, 0.25) is 0 Å². The van der Waals surface area contributed by atoms with Crippen LogP contribution in [0.15, 0.2) is 5.38 Å². The fraction of sp³-hybridized carbons (Fsp3) is 0.824. The van der Waals surface area contributed by atoms with Crippen LogP contribution in [0.4, 0.5) is 0 Å². The predicted octanol–water partition coefficient (Wildman–Crippen LogP) is 3.75. The molecule has 0 radical (unpaired) electrons. The molecule has 21 heavy (non-hydrogen) atoms. The number of thiazole rings is 1. The van der Waals surface area contributed by atoms with Crippen molar-refractivity contribution in [3.63, 3.8) is 0 Å². The molecule has 1 fully saturated rings. The molecule has 4 heteroatoms. The zero-order valence-corrected chi connectivity index (χ0v) is 15.1. The minimum Gasteiger partial charge on any atom is -0.306 e. The van der Waals surface area contributed by atoms with Crippen molar-refractivity contribution >= 4 is 11.3 Å². The molecular weight excluding hydrogens is 278 g/mol. The molecule has 0 atom stereocenters. The molecular formula is C17H31N3S. The topological polar surface area (TPSA) is 28.2 Å². The number of piperidine rings is 1. The highest BCUT2D eigenvalue weighted by molar-refractivity contribution is 7.09. The summed E-state index contributed by atoms with van der Waals surface area (Å²) in [5.41, 5.74) is 1.48. The Bertz CT molecular complexity index is 439. The van der Waals surface area contributed by atoms with Crippen LogP contribution in [-0.2, 0) is 11.0 Å². The molecule has 0 saturated carbocycles. The molecule has 1 aromatic rings. The second-order valence-electron chi connectivity index (χ2n) is 7.24. The van der Waals surface area contributed by atoms with Crippen molar-refractivity contribution in [2.45, 2.75) is 64.8 Å². The molecule has 0 spiro atoms. The Morgan fingerprint density at radius 2 is 1.95 bits per heavy atom. The Kier molecular flexibility index (Phi) is 5.44. The van der Waals surface area contributed by atoms with Crippen LogP contribution in [0.25, 0.3) is 0 Å². The van der Waals surface area contributed by atoms with Gasteiger partial charge in [-0.05, 0) is 32.4 Å². The molecule has 1 N–H and O–H groups in total. The van der Waals surface area contributed by atoms with E-state index in [1.54, 1.807) is 0 Å². The predicted molar refractivity (Wildman–Crippen MR) is 92.1 cm³/mol. The fourth-order valence-electron chi connectivity index (χ4n) is 3.12. The lowest BCUT2D eigenvalue weighted by Gasteiger charge is -2.41. The third kappa shape index (κ3) is 3.85. The average Bonchev–Trinajstić information content (AvgIpc) is 2.92. The first-order valence-corrected chi connectivity index (χ1v) is 9.23. The molecule has 2 heterocycles. The van der Waals surface area contributed by atoms with Crippen molar-refractivity contribution in [3.05, 3.63) is 16.1 Å². The lowest BCUT2D eigenvalue weighted by atomic mass is 9.87. The fourth-order valence-corrected chi connectivity index (χ4v) is 4.40. The van der Waals surface area contributed by atoms with Gasteiger partial charge < -0.3 is 10.2 Å². The van der Waals surface area contributed by atoms with Gasteiger partial charge in [0.05, 0.1) is 11.2 Å². The lowest BCUT2D eigenvalue weighted by Crippen LogP contribution is -2.51. The molecule has 0 unspecified atom stereocenters. The van der Waals surface area contributed by atoms with E-state index >= 15 is 0 Å². The quantitative estimate of drug-likeness (QED) is 0.898. The minimum absolute atomic E-state index is 0.104. The molecule has 0 aromatic carbocycles. The van der Waals surface area contributed by atoms with Gasteiger partial charge in [0, 0.05) is 23.9 Å². The molecule has 1 aliphatic rings. The summed E-state index contributed by atoms with van der Waals surface area (Å²) >= 11 is 1.84. The van der Waals surface area contributed by atoms with E-state index in [0.29, 0.717) is 0 Å². The normalized spacial score (nSPS) is 19.9. The summed E-state index contributed by atoms with van der Waals surface area (Å²) in [6.45, 7) is 15.8. The van der Waals surface area contributed by atoms with Crippen molar-refractivity contribution in [1.82, 2.24) is 15.2 Å². The van der Waals surface area contributed by atoms with Gasteiger partial charge in [-0.25, -0.2) is 4.98 Å². The second kappa shape index (κ2) is 6.76. The Hall–Kier alpha value is -0.450. The average molecular weight is 310 g/mol. The number of nitrogens with zero attached hydrogens (tertiary/aromatic N) is 2. The summed E-state index contributed by atoms with van der Waals surface area (Å²) in [4.78, 5) is 7.60. The number of aromatic nitrogens is 1. The van der Waals surface area contributed by atoms with Crippen molar-refractivity contribution in [1.29, 1.82) is 0 Å². The first-order chi connectivity index (χ1) is 9.91. The maximum Gasteiger partial charge on any atom is 0.113 e. The van der Waals surface area contributed by atoms with Gasteiger partial charge in [-0.1, -0.05) is 34.6 Å². The van der Waals surface area contributed by atoms with Crippen molar-refractivity contribution in [2.75, 3.05) is 26.2 Å². The molecule has 0 bridgehead atoms. The molecule has 2 rings (SSSR count). The van der Waals surface area contributed by atoms with Crippen LogP contribution in [0.1, 0.15) is 64.6 Å². The van der Waals surface area contributed by atoms with E-state index in [1.807, 2.05) is 11.3 Å². The summed E-state index contributed by atoms with van der Waals surface area (Å²) in [7, 11) is 0. The minimum atomic E-state index is 0.104. The number of hydrogen-bond donors (Lipinski definition) is 1. The van der Waals surface area contributed by atoms with Gasteiger partial charge in [-0.15, -0.1) is 11.3 Å². The molecule has 120 valence electrons. The van der Waals surface area contributed by atoms with Crippen molar-refractivity contribution < 1.29 is 0 Å². The van der Waals surface area contributed by atoms with Gasteiger partial charge in [-0.3, -0.25) is 0 Å². The Labute approximate surface area is 134 Å². The van der Waals surface area contributed by atoms with Crippen LogP contribution in [0.3, 0.4) is 0 Å². The van der Waals surface area contributed by atoms with Crippen LogP contribution >= 0.6 is 11.3 Å². The van der Waals surface area contributed by atoms with Gasteiger partial charge in [0.2, 0.25) is 0 Å². The Morgan fingerprint density at radius 1 is 1.29 bits per heavy atom. The lowest BCUT2D eigenvalue weighted by molar-refractivity contribution is 0.135. The third-order valence-electron chi connectivity index (χ3n) is 4.45. The molecule has 1 aliphatic heterocycles. The SMILES string of the molecule is CCCN1CCC(NCC)(c2nc(C(C)(C)C)cs2)CC1. The first kappa shape index (κ1) is 16.9. The van der Waals surface area contributed by atoms with Crippen molar-refractivity contribution in [3.8, 4) is 0 Å². The van der Waals surface area contributed by atoms with E-state index in [-0.39, 0.29) is 11.0 Å². The molecule has 0 aliphatic carbocycles. The van der Waals surface area contributed by atoms with Gasteiger partial charge in [-0.2, -0.15) is 0 Å². The van der Waals surface area contributed by atoms with E-state index in [1.165, 1.54) is 49.6 Å². The van der Waals surface area contributed by atoms with E-state index < -0.39 is 0 Å². The molecule has 1 saturated heterocycles. The number of likely N-dealkylation sites (tertiary alicyclic amines) is 1. The van der Waals surface area contributed by atoms with Gasteiger partial charge >= 0.3 is 0 Å². The highest BCUT2D eigenvalue weighted by Gasteiger charge is 2.38. The van der Waals surface area contributed by atoms with Crippen molar-refractivity contribution in [2.24, 2.45) is 0 Å². The zero-order chi connectivity index (χ0) is 15.5. The highest BCUT2D eigenvalue weighted by Crippen LogP contribution is 2.36. The molecule has 0 amide bonds. The number of nitrogens with one attached hydrogen (secondary N) is 1. The molecule has 1 aromatic heterocycles. The van der Waals surface area contributed by atoms with E-state index in [4.69, 9.17) is 4.98 Å². The molecule has 3 nitrogen and oxygen atoms in total. The second-order valence-corrected chi connectivity index (χ2v) is 8.10. The van der Waals surface area contributed by atoms with Crippen LogP contribution in [0, 0.1) is 0 Å². The van der Waals surface area contributed by atoms with Crippen LogP contribution in [0.5, 0.6) is 0 Å². The monoisotopic (exact) mass is 309 g/mol. The van der Waals surface area contributed by atoms with Gasteiger partial charge in [0.25, 0.3) is 0 Å². The standard InChI is InChI=1S/C17H31N3S/c1-6-10-20-11-8-17(9-12-20,18-7-2)15-19-14(13-21-15)16(3,4)5/h13,18H,6-12H2,1-5H3. The van der Waals surface area contributed by atoms with E-state index in [9.17, 15) is 0 Å². The maximum absolute atomic E-state index is 5.00. The smallest absolute Gasteiger partial charge is 0.113 e. The Morgan fingerprint density at radius 3 is 2.43 bits per heavy atom. The van der Waals surface area contributed by atoms with Gasteiger partial charge in [0.1, 0.15) is 5.01 Å². The van der Waals surface area contributed by atoms with Gasteiger partial charge in [0.15, 0.2) is 0 Å². The maximum atomic E-state index is 5.00. The summed E-state index contributed by atoms with van der Waals surface area (Å²) in [6.07, 6.45) is 3.61. The summed E-state index contributed by atoms with van der Waals surface area (Å²) < 4.78 is 0. The number of rotatable bonds is 5. The van der Waals surface area contributed by atoms with Crippen LogP contribution < -0.4 is 5.32 Å².